The Morgan fingerprint density at radius 2 is 1.79 bits per heavy atom. The number of carbonyl (C=O) groups excluding carboxylic acids is 2. The summed E-state index contributed by atoms with van der Waals surface area (Å²) in [4.78, 5) is 23.6. The summed E-state index contributed by atoms with van der Waals surface area (Å²) in [5.74, 6) is -1.55. The van der Waals surface area contributed by atoms with E-state index in [0.717, 1.165) is 16.6 Å². The molecular weight excluding hydrogens is 370 g/mol. The molecule has 0 aliphatic heterocycles. The molecule has 2 amide bonds. The summed E-state index contributed by atoms with van der Waals surface area (Å²) < 4.78 is 0.815. The van der Waals surface area contributed by atoms with Gasteiger partial charge in [0.05, 0.1) is 0 Å². The first kappa shape index (κ1) is 17.9. The normalized spacial score (nSPS) is 11.0. The molecular formula is C18H18BrN3O2. The molecule has 2 N–H and O–H groups in total. The standard InChI is InChI=1S/C18H18BrN3O2/c1-13(10-11-14-6-3-2-4-7-14)21-22-18(24)17(23)20-16-9-5-8-15(19)12-16/h2-9,12H,10-11H2,1H3,(H,20,23)(H,22,24)/b21-13+. The van der Waals surface area contributed by atoms with Gasteiger partial charge in [0.1, 0.15) is 0 Å². The third kappa shape index (κ3) is 5.96. The van der Waals surface area contributed by atoms with E-state index in [9.17, 15) is 9.59 Å². The molecule has 2 aromatic carbocycles. The van der Waals surface area contributed by atoms with Gasteiger partial charge in [-0.25, -0.2) is 5.43 Å². The monoisotopic (exact) mass is 387 g/mol. The molecule has 2 rings (SSSR count). The number of nitrogens with zero attached hydrogens (tertiary/aromatic N) is 1. The minimum atomic E-state index is -0.797. The van der Waals surface area contributed by atoms with Gasteiger partial charge in [0.25, 0.3) is 0 Å². The minimum Gasteiger partial charge on any atom is -0.318 e. The lowest BCUT2D eigenvalue weighted by Crippen LogP contribution is -2.32. The first-order valence-electron chi connectivity index (χ1n) is 7.48. The lowest BCUT2D eigenvalue weighted by atomic mass is 10.1. The van der Waals surface area contributed by atoms with Crippen molar-refractivity contribution in [2.75, 3.05) is 5.32 Å². The Bertz CT molecular complexity index is 745. The van der Waals surface area contributed by atoms with E-state index in [-0.39, 0.29) is 0 Å². The largest absolute Gasteiger partial charge is 0.329 e. The third-order valence-electron chi connectivity index (χ3n) is 3.26. The van der Waals surface area contributed by atoms with E-state index in [1.165, 1.54) is 5.56 Å². The second-order valence-corrected chi connectivity index (χ2v) is 6.15. The Morgan fingerprint density at radius 1 is 1.04 bits per heavy atom. The summed E-state index contributed by atoms with van der Waals surface area (Å²) in [5, 5.41) is 6.48. The van der Waals surface area contributed by atoms with Gasteiger partial charge in [-0.15, -0.1) is 0 Å². The van der Waals surface area contributed by atoms with E-state index in [0.29, 0.717) is 12.1 Å². The molecule has 0 saturated carbocycles. The first-order chi connectivity index (χ1) is 11.5. The van der Waals surface area contributed by atoms with Crippen LogP contribution >= 0.6 is 15.9 Å². The molecule has 124 valence electrons. The van der Waals surface area contributed by atoms with Crippen LogP contribution in [0.3, 0.4) is 0 Å². The van der Waals surface area contributed by atoms with Crippen LogP contribution in [0.15, 0.2) is 64.2 Å². The van der Waals surface area contributed by atoms with E-state index >= 15 is 0 Å². The highest BCUT2D eigenvalue weighted by Gasteiger charge is 2.13. The maximum absolute atomic E-state index is 11.8. The molecule has 0 spiro atoms. The lowest BCUT2D eigenvalue weighted by molar-refractivity contribution is -0.136. The molecule has 0 atom stereocenters. The van der Waals surface area contributed by atoms with E-state index in [4.69, 9.17) is 0 Å². The van der Waals surface area contributed by atoms with Gasteiger partial charge in [0.2, 0.25) is 0 Å². The Kier molecular flexibility index (Phi) is 6.69. The second-order valence-electron chi connectivity index (χ2n) is 5.24. The van der Waals surface area contributed by atoms with Crippen molar-refractivity contribution in [2.24, 2.45) is 5.10 Å². The van der Waals surface area contributed by atoms with Crippen molar-refractivity contribution in [3.05, 3.63) is 64.6 Å². The number of hydrazone groups is 1. The summed E-state index contributed by atoms with van der Waals surface area (Å²) in [7, 11) is 0. The number of nitrogens with one attached hydrogen (secondary N) is 2. The molecule has 0 radical (unpaired) electrons. The zero-order valence-corrected chi connectivity index (χ0v) is 14.8. The number of benzene rings is 2. The predicted octanol–water partition coefficient (Wildman–Crippen LogP) is 3.51. The summed E-state index contributed by atoms with van der Waals surface area (Å²) >= 11 is 3.30. The number of anilines is 1. The molecule has 24 heavy (non-hydrogen) atoms. The molecule has 6 heteroatoms. The molecule has 0 aliphatic carbocycles. The fraction of sp³-hybridized carbons (Fsp3) is 0.167. The van der Waals surface area contributed by atoms with E-state index < -0.39 is 11.8 Å². The number of amides is 2. The maximum Gasteiger partial charge on any atom is 0.329 e. The summed E-state index contributed by atoms with van der Waals surface area (Å²) in [6.45, 7) is 1.81. The van der Waals surface area contributed by atoms with E-state index in [1.54, 1.807) is 18.2 Å². The highest BCUT2D eigenvalue weighted by molar-refractivity contribution is 9.10. The molecule has 0 aromatic heterocycles. The average molecular weight is 388 g/mol. The number of hydrogen-bond donors (Lipinski definition) is 2. The molecule has 0 heterocycles. The summed E-state index contributed by atoms with van der Waals surface area (Å²) in [6, 6.07) is 17.0. The minimum absolute atomic E-state index is 0.536. The van der Waals surface area contributed by atoms with Crippen molar-refractivity contribution < 1.29 is 9.59 Å². The topological polar surface area (TPSA) is 70.6 Å². The summed E-state index contributed by atoms with van der Waals surface area (Å²) in [6.07, 6.45) is 1.54. The van der Waals surface area contributed by atoms with Crippen LogP contribution in [-0.2, 0) is 16.0 Å². The lowest BCUT2D eigenvalue weighted by Gasteiger charge is -2.05. The fourth-order valence-electron chi connectivity index (χ4n) is 1.98. The maximum atomic E-state index is 11.8. The number of hydrogen-bond acceptors (Lipinski definition) is 3. The smallest absolute Gasteiger partial charge is 0.318 e. The molecule has 0 fully saturated rings. The zero-order valence-electron chi connectivity index (χ0n) is 13.3. The van der Waals surface area contributed by atoms with Crippen LogP contribution in [0.1, 0.15) is 18.9 Å². The zero-order chi connectivity index (χ0) is 17.4. The van der Waals surface area contributed by atoms with Crippen LogP contribution in [0.5, 0.6) is 0 Å². The fourth-order valence-corrected chi connectivity index (χ4v) is 2.38. The van der Waals surface area contributed by atoms with Gasteiger partial charge in [-0.3, -0.25) is 9.59 Å². The molecule has 0 unspecified atom stereocenters. The Balaban J connectivity index is 1.81. The van der Waals surface area contributed by atoms with Crippen LogP contribution in [-0.4, -0.2) is 17.5 Å². The van der Waals surface area contributed by atoms with Crippen LogP contribution in [0.2, 0.25) is 0 Å². The van der Waals surface area contributed by atoms with Gasteiger partial charge < -0.3 is 5.32 Å². The average Bonchev–Trinajstić information content (AvgIpc) is 2.58. The van der Waals surface area contributed by atoms with Gasteiger partial charge in [-0.05, 0) is 43.5 Å². The number of carbonyl (C=O) groups is 2. The van der Waals surface area contributed by atoms with Gasteiger partial charge in [-0.1, -0.05) is 52.3 Å². The van der Waals surface area contributed by atoms with Gasteiger partial charge >= 0.3 is 11.8 Å². The Labute approximate surface area is 149 Å². The number of rotatable bonds is 5. The van der Waals surface area contributed by atoms with Gasteiger partial charge in [-0.2, -0.15) is 5.10 Å². The number of halogens is 1. The summed E-state index contributed by atoms with van der Waals surface area (Å²) in [5.41, 5.74) is 4.77. The second kappa shape index (κ2) is 8.98. The van der Waals surface area contributed by atoms with Gasteiger partial charge in [0, 0.05) is 15.9 Å². The van der Waals surface area contributed by atoms with E-state index in [2.05, 4.69) is 31.8 Å². The third-order valence-corrected chi connectivity index (χ3v) is 3.75. The van der Waals surface area contributed by atoms with Crippen LogP contribution in [0, 0.1) is 0 Å². The van der Waals surface area contributed by atoms with Crippen molar-refractivity contribution in [3.63, 3.8) is 0 Å². The van der Waals surface area contributed by atoms with Crippen molar-refractivity contribution >= 4 is 39.1 Å². The van der Waals surface area contributed by atoms with Crippen LogP contribution in [0.4, 0.5) is 5.69 Å². The van der Waals surface area contributed by atoms with Crippen molar-refractivity contribution in [2.45, 2.75) is 19.8 Å². The molecule has 2 aromatic rings. The highest BCUT2D eigenvalue weighted by Crippen LogP contribution is 2.15. The van der Waals surface area contributed by atoms with Crippen LogP contribution < -0.4 is 10.7 Å². The SMILES string of the molecule is C/C(CCc1ccccc1)=N\NC(=O)C(=O)Nc1cccc(Br)c1. The molecule has 0 aliphatic rings. The van der Waals surface area contributed by atoms with Crippen molar-refractivity contribution in [1.29, 1.82) is 0 Å². The van der Waals surface area contributed by atoms with Crippen molar-refractivity contribution in [3.8, 4) is 0 Å². The first-order valence-corrected chi connectivity index (χ1v) is 8.28. The van der Waals surface area contributed by atoms with E-state index in [1.807, 2.05) is 43.3 Å². The molecule has 0 saturated heterocycles. The Hall–Kier alpha value is -2.47. The Morgan fingerprint density at radius 3 is 2.50 bits per heavy atom. The highest BCUT2D eigenvalue weighted by atomic mass is 79.9. The predicted molar refractivity (Wildman–Crippen MR) is 98.8 cm³/mol. The molecule has 0 bridgehead atoms. The van der Waals surface area contributed by atoms with Crippen LogP contribution in [0.25, 0.3) is 0 Å². The van der Waals surface area contributed by atoms with Crippen molar-refractivity contribution in [1.82, 2.24) is 5.43 Å². The number of aryl methyl sites for hydroxylation is 1. The van der Waals surface area contributed by atoms with Gasteiger partial charge in [0.15, 0.2) is 0 Å². The quantitative estimate of drug-likeness (QED) is 0.468. The molecule has 5 nitrogen and oxygen atoms in total.